The molecule has 1 fully saturated rings. The van der Waals surface area contributed by atoms with Crippen molar-refractivity contribution in [1.29, 1.82) is 0 Å². The highest BCUT2D eigenvalue weighted by atomic mass is 19.1. The van der Waals surface area contributed by atoms with Crippen LogP contribution >= 0.6 is 0 Å². The first-order valence-electron chi connectivity index (χ1n) is 6.06. The molecule has 1 saturated carbocycles. The normalized spacial score (nSPS) is 14.4. The third-order valence-corrected chi connectivity index (χ3v) is 3.25. The fraction of sp³-hybridized carbons (Fsp3) is 0.214. The summed E-state index contributed by atoms with van der Waals surface area (Å²) in [6.07, 6.45) is 5.41. The average molecular weight is 257 g/mol. The number of nitrogens with zero attached hydrogens (tertiary/aromatic N) is 2. The Morgan fingerprint density at radius 2 is 2.16 bits per heavy atom. The minimum atomic E-state index is -0.774. The fourth-order valence-corrected chi connectivity index (χ4v) is 2.13. The summed E-state index contributed by atoms with van der Waals surface area (Å²) in [5.74, 6) is -0.940. The molecule has 1 aromatic carbocycles. The van der Waals surface area contributed by atoms with Crippen molar-refractivity contribution >= 4 is 5.91 Å². The number of aromatic nitrogens is 2. The van der Waals surface area contributed by atoms with Crippen LogP contribution in [0.15, 0.2) is 30.7 Å². The topological polar surface area (TPSA) is 68.9 Å². The van der Waals surface area contributed by atoms with E-state index in [4.69, 9.17) is 5.73 Å². The first kappa shape index (κ1) is 11.8. The van der Waals surface area contributed by atoms with Crippen molar-refractivity contribution in [3.8, 4) is 11.1 Å². The van der Waals surface area contributed by atoms with Gasteiger partial charge in [0.05, 0.1) is 11.3 Å². The smallest absolute Gasteiger partial charge is 0.251 e. The van der Waals surface area contributed by atoms with Crippen molar-refractivity contribution in [2.75, 3.05) is 0 Å². The van der Waals surface area contributed by atoms with Crippen LogP contribution in [0, 0.1) is 5.82 Å². The van der Waals surface area contributed by atoms with Crippen LogP contribution in [0.1, 0.15) is 34.8 Å². The molecule has 4 nitrogen and oxygen atoms in total. The summed E-state index contributed by atoms with van der Waals surface area (Å²) < 4.78 is 13.5. The van der Waals surface area contributed by atoms with Crippen molar-refractivity contribution in [3.63, 3.8) is 0 Å². The van der Waals surface area contributed by atoms with Gasteiger partial charge >= 0.3 is 0 Å². The van der Waals surface area contributed by atoms with Crippen molar-refractivity contribution in [2.24, 2.45) is 5.73 Å². The monoisotopic (exact) mass is 257 g/mol. The van der Waals surface area contributed by atoms with Gasteiger partial charge in [0.2, 0.25) is 0 Å². The molecule has 0 radical (unpaired) electrons. The van der Waals surface area contributed by atoms with Gasteiger partial charge in [0.1, 0.15) is 12.1 Å². The highest BCUT2D eigenvalue weighted by molar-refractivity contribution is 5.94. The van der Waals surface area contributed by atoms with Crippen molar-refractivity contribution in [1.82, 2.24) is 9.97 Å². The molecule has 2 aromatic rings. The van der Waals surface area contributed by atoms with E-state index in [1.165, 1.54) is 18.5 Å². The minimum absolute atomic E-state index is 0.108. The number of primary amides is 1. The molecular formula is C14H12FN3O. The molecule has 0 bridgehead atoms. The van der Waals surface area contributed by atoms with E-state index in [9.17, 15) is 9.18 Å². The number of carbonyl (C=O) groups is 1. The summed E-state index contributed by atoms with van der Waals surface area (Å²) in [4.78, 5) is 19.5. The summed E-state index contributed by atoms with van der Waals surface area (Å²) in [7, 11) is 0. The minimum Gasteiger partial charge on any atom is -0.366 e. The molecule has 0 atom stereocenters. The van der Waals surface area contributed by atoms with Gasteiger partial charge in [-0.3, -0.25) is 4.79 Å². The Kier molecular flexibility index (Phi) is 2.74. The zero-order valence-corrected chi connectivity index (χ0v) is 10.1. The summed E-state index contributed by atoms with van der Waals surface area (Å²) in [5, 5.41) is 0. The van der Waals surface area contributed by atoms with Crippen LogP contribution in [0.5, 0.6) is 0 Å². The van der Waals surface area contributed by atoms with E-state index in [0.29, 0.717) is 5.92 Å². The highest BCUT2D eigenvalue weighted by Gasteiger charge is 2.28. The summed E-state index contributed by atoms with van der Waals surface area (Å²) in [6, 6.07) is 4.33. The number of amides is 1. The number of hydrogen-bond donors (Lipinski definition) is 1. The number of carbonyl (C=O) groups excluding carboxylic acids is 1. The molecule has 1 heterocycles. The molecule has 5 heteroatoms. The average Bonchev–Trinajstić information content (AvgIpc) is 3.23. The Hall–Kier alpha value is -2.30. The molecule has 96 valence electrons. The van der Waals surface area contributed by atoms with Gasteiger partial charge in [-0.05, 0) is 30.5 Å². The summed E-state index contributed by atoms with van der Waals surface area (Å²) >= 11 is 0. The molecule has 1 aliphatic rings. The lowest BCUT2D eigenvalue weighted by Crippen LogP contribution is -2.13. The lowest BCUT2D eigenvalue weighted by Gasteiger charge is -2.08. The first-order valence-corrected chi connectivity index (χ1v) is 6.06. The van der Waals surface area contributed by atoms with Gasteiger partial charge in [-0.2, -0.15) is 0 Å². The lowest BCUT2D eigenvalue weighted by molar-refractivity contribution is 0.0996. The summed E-state index contributed by atoms with van der Waals surface area (Å²) in [5.41, 5.74) is 7.57. The maximum atomic E-state index is 13.5. The molecular weight excluding hydrogens is 245 g/mol. The summed E-state index contributed by atoms with van der Waals surface area (Å²) in [6.45, 7) is 0. The quantitative estimate of drug-likeness (QED) is 0.916. The van der Waals surface area contributed by atoms with Crippen LogP contribution in [-0.4, -0.2) is 15.9 Å². The van der Waals surface area contributed by atoms with E-state index in [1.807, 2.05) is 0 Å². The van der Waals surface area contributed by atoms with Gasteiger partial charge in [0.15, 0.2) is 0 Å². The Labute approximate surface area is 109 Å². The maximum Gasteiger partial charge on any atom is 0.251 e. The third kappa shape index (κ3) is 2.19. The lowest BCUT2D eigenvalue weighted by atomic mass is 10.0. The second-order valence-electron chi connectivity index (χ2n) is 4.65. The van der Waals surface area contributed by atoms with Gasteiger partial charge < -0.3 is 5.73 Å². The third-order valence-electron chi connectivity index (χ3n) is 3.25. The Morgan fingerprint density at radius 1 is 1.37 bits per heavy atom. The molecule has 1 aliphatic carbocycles. The van der Waals surface area contributed by atoms with Crippen LogP contribution in [0.2, 0.25) is 0 Å². The Balaban J connectivity index is 2.12. The van der Waals surface area contributed by atoms with Gasteiger partial charge in [-0.1, -0.05) is 6.07 Å². The highest BCUT2D eigenvalue weighted by Crippen LogP contribution is 2.42. The zero-order valence-electron chi connectivity index (χ0n) is 10.1. The Morgan fingerprint density at radius 3 is 2.84 bits per heavy atom. The second kappa shape index (κ2) is 4.42. The van der Waals surface area contributed by atoms with Crippen LogP contribution in [0.3, 0.4) is 0 Å². The molecule has 19 heavy (non-hydrogen) atoms. The van der Waals surface area contributed by atoms with Crippen LogP contribution in [0.4, 0.5) is 4.39 Å². The van der Waals surface area contributed by atoms with Crippen molar-refractivity contribution in [3.05, 3.63) is 47.8 Å². The van der Waals surface area contributed by atoms with E-state index in [1.54, 1.807) is 12.3 Å². The second-order valence-corrected chi connectivity index (χ2v) is 4.65. The number of benzene rings is 1. The van der Waals surface area contributed by atoms with E-state index in [-0.39, 0.29) is 5.56 Å². The fourth-order valence-electron chi connectivity index (χ4n) is 2.13. The van der Waals surface area contributed by atoms with E-state index in [2.05, 4.69) is 9.97 Å². The van der Waals surface area contributed by atoms with E-state index < -0.39 is 11.7 Å². The SMILES string of the molecule is NC(=O)c1cc(-c2cncnc2C2CC2)ccc1F. The van der Waals surface area contributed by atoms with E-state index in [0.717, 1.165) is 29.7 Å². The van der Waals surface area contributed by atoms with E-state index >= 15 is 0 Å². The molecule has 1 amide bonds. The van der Waals surface area contributed by atoms with Gasteiger partial charge in [0.25, 0.3) is 5.91 Å². The van der Waals surface area contributed by atoms with Crippen LogP contribution < -0.4 is 5.73 Å². The number of hydrogen-bond acceptors (Lipinski definition) is 3. The van der Waals surface area contributed by atoms with Crippen molar-refractivity contribution in [2.45, 2.75) is 18.8 Å². The maximum absolute atomic E-state index is 13.5. The predicted octanol–water partition coefficient (Wildman–Crippen LogP) is 2.26. The first-order chi connectivity index (χ1) is 9.16. The zero-order chi connectivity index (χ0) is 13.4. The number of rotatable bonds is 3. The molecule has 0 unspecified atom stereocenters. The number of nitrogens with two attached hydrogens (primary N) is 1. The van der Waals surface area contributed by atoms with Crippen molar-refractivity contribution < 1.29 is 9.18 Å². The van der Waals surface area contributed by atoms with Crippen LogP contribution in [-0.2, 0) is 0 Å². The Bertz CT molecular complexity index is 653. The molecule has 0 saturated heterocycles. The molecule has 0 aliphatic heterocycles. The molecule has 2 N–H and O–H groups in total. The van der Waals surface area contributed by atoms with Gasteiger partial charge in [-0.25, -0.2) is 14.4 Å². The molecule has 0 spiro atoms. The molecule has 3 rings (SSSR count). The molecule has 1 aromatic heterocycles. The standard InChI is InChI=1S/C14H12FN3O/c15-12-4-3-9(5-10(12)14(16)19)11-6-17-7-18-13(11)8-1-2-8/h3-8H,1-2H2,(H2,16,19). The number of halogens is 1. The predicted molar refractivity (Wildman–Crippen MR) is 67.9 cm³/mol. The largest absolute Gasteiger partial charge is 0.366 e. The van der Waals surface area contributed by atoms with Crippen LogP contribution in [0.25, 0.3) is 11.1 Å². The van der Waals surface area contributed by atoms with Gasteiger partial charge in [0, 0.05) is 17.7 Å². The van der Waals surface area contributed by atoms with Gasteiger partial charge in [-0.15, -0.1) is 0 Å².